The third kappa shape index (κ3) is 7.93. The van der Waals surface area contributed by atoms with Gasteiger partial charge in [-0.2, -0.15) is 8.42 Å². The Balaban J connectivity index is 4.28. The Morgan fingerprint density at radius 3 is 1.94 bits per heavy atom. The molecule has 16 heavy (non-hydrogen) atoms. The lowest BCUT2D eigenvalue weighted by atomic mass is 10.3. The fraction of sp³-hybridized carbons (Fsp3) is 1.00. The molecule has 0 unspecified atom stereocenters. The summed E-state index contributed by atoms with van der Waals surface area (Å²) in [5, 5.41) is 0. The molecule has 0 aliphatic rings. The van der Waals surface area contributed by atoms with Gasteiger partial charge in [0.1, 0.15) is 6.61 Å². The molecule has 0 spiro atoms. The lowest BCUT2D eigenvalue weighted by Crippen LogP contribution is -2.41. The van der Waals surface area contributed by atoms with Gasteiger partial charge in [-0.1, -0.05) is 0 Å². The van der Waals surface area contributed by atoms with E-state index in [0.29, 0.717) is 0 Å². The zero-order valence-electron chi connectivity index (χ0n) is 9.09. The van der Waals surface area contributed by atoms with Gasteiger partial charge in [-0.05, 0) is 6.92 Å². The van der Waals surface area contributed by atoms with E-state index < -0.39 is 22.8 Å². The molecule has 0 aromatic heterocycles. The van der Waals surface area contributed by atoms with Gasteiger partial charge in [-0.15, -0.1) is 0 Å². The Morgan fingerprint density at radius 2 is 1.62 bits per heavy atom. The third-order valence-corrected chi connectivity index (χ3v) is 1.94. The second-order valence-corrected chi connectivity index (χ2v) is 4.19. The van der Waals surface area contributed by atoms with Crippen LogP contribution in [0, 0.1) is 0 Å². The molecule has 0 rings (SSSR count). The lowest BCUT2D eigenvalue weighted by Gasteiger charge is -2.28. The molecule has 0 fully saturated rings. The highest BCUT2D eigenvalue weighted by molar-refractivity contribution is 7.80. The van der Waals surface area contributed by atoms with Gasteiger partial charge < -0.3 is 20.9 Å². The van der Waals surface area contributed by atoms with Crippen LogP contribution in [-0.4, -0.2) is 51.7 Å². The average Bonchev–Trinajstić information content (AvgIpc) is 2.20. The van der Waals surface area contributed by atoms with Gasteiger partial charge in [0.05, 0.1) is 13.2 Å². The fourth-order valence-corrected chi connectivity index (χ4v) is 1.22. The van der Waals surface area contributed by atoms with Crippen molar-refractivity contribution in [1.82, 2.24) is 0 Å². The summed E-state index contributed by atoms with van der Waals surface area (Å²) in [6.07, 6.45) is 0. The molecule has 98 valence electrons. The smallest absolute Gasteiger partial charge is 0.347 e. The predicted octanol–water partition coefficient (Wildman–Crippen LogP) is -1.53. The lowest BCUT2D eigenvalue weighted by molar-refractivity contribution is -0.236. The molecule has 0 saturated carbocycles. The van der Waals surface area contributed by atoms with Crippen molar-refractivity contribution in [2.75, 3.05) is 32.9 Å². The SMILES string of the molecule is CC(COS(=O)(=O)O)(OCCN)OCCN. The zero-order valence-corrected chi connectivity index (χ0v) is 9.90. The van der Waals surface area contributed by atoms with Crippen LogP contribution in [0.25, 0.3) is 0 Å². The quantitative estimate of drug-likeness (QED) is 0.335. The molecule has 0 amide bonds. The molecule has 0 heterocycles. The minimum absolute atomic E-state index is 0.163. The number of ether oxygens (including phenoxy) is 2. The molecule has 9 heteroatoms. The molecule has 0 aliphatic heterocycles. The molecule has 0 bridgehead atoms. The van der Waals surface area contributed by atoms with E-state index in [1.807, 2.05) is 0 Å². The van der Waals surface area contributed by atoms with Crippen molar-refractivity contribution in [3.05, 3.63) is 0 Å². The van der Waals surface area contributed by atoms with Crippen LogP contribution in [0.2, 0.25) is 0 Å². The van der Waals surface area contributed by atoms with E-state index in [1.165, 1.54) is 6.92 Å². The first-order chi connectivity index (χ1) is 7.33. The summed E-state index contributed by atoms with van der Waals surface area (Å²) in [6, 6.07) is 0. The van der Waals surface area contributed by atoms with Crippen molar-refractivity contribution < 1.29 is 26.6 Å². The van der Waals surface area contributed by atoms with Gasteiger partial charge in [0.2, 0.25) is 0 Å². The summed E-state index contributed by atoms with van der Waals surface area (Å²) >= 11 is 0. The number of hydrogen-bond donors (Lipinski definition) is 3. The summed E-state index contributed by atoms with van der Waals surface area (Å²) in [7, 11) is -4.53. The van der Waals surface area contributed by atoms with Crippen LogP contribution < -0.4 is 11.5 Å². The van der Waals surface area contributed by atoms with E-state index >= 15 is 0 Å². The first-order valence-corrected chi connectivity index (χ1v) is 5.99. The Bertz CT molecular complexity index is 273. The topological polar surface area (TPSA) is 134 Å². The van der Waals surface area contributed by atoms with E-state index in [1.54, 1.807) is 0 Å². The van der Waals surface area contributed by atoms with Crippen molar-refractivity contribution in [1.29, 1.82) is 0 Å². The van der Waals surface area contributed by atoms with Crippen LogP contribution in [0.4, 0.5) is 0 Å². The number of rotatable bonds is 9. The highest BCUT2D eigenvalue weighted by Gasteiger charge is 2.28. The standard InChI is InChI=1S/C7H18N2O6S/c1-7(13-4-2-8,14-5-3-9)6-15-16(10,11)12/h2-6,8-9H2,1H3,(H,10,11,12). The highest BCUT2D eigenvalue weighted by Crippen LogP contribution is 2.13. The summed E-state index contributed by atoms with van der Waals surface area (Å²) in [5.74, 6) is -1.31. The van der Waals surface area contributed by atoms with Crippen LogP contribution in [0.1, 0.15) is 6.92 Å². The average molecular weight is 258 g/mol. The summed E-state index contributed by atoms with van der Waals surface area (Å²) in [6.45, 7) is 1.79. The van der Waals surface area contributed by atoms with Gasteiger partial charge in [-0.25, -0.2) is 4.18 Å². The zero-order chi connectivity index (χ0) is 12.7. The van der Waals surface area contributed by atoms with E-state index in [4.69, 9.17) is 25.5 Å². The molecular formula is C7H18N2O6S. The molecule has 0 atom stereocenters. The van der Waals surface area contributed by atoms with Crippen molar-refractivity contribution in [2.45, 2.75) is 12.7 Å². The maximum absolute atomic E-state index is 10.4. The van der Waals surface area contributed by atoms with Crippen molar-refractivity contribution in [2.24, 2.45) is 11.5 Å². The van der Waals surface area contributed by atoms with Crippen molar-refractivity contribution in [3.8, 4) is 0 Å². The first kappa shape index (κ1) is 15.7. The van der Waals surface area contributed by atoms with E-state index in [-0.39, 0.29) is 26.3 Å². The summed E-state index contributed by atoms with van der Waals surface area (Å²) in [4.78, 5) is 0. The van der Waals surface area contributed by atoms with E-state index in [2.05, 4.69) is 4.18 Å². The van der Waals surface area contributed by atoms with E-state index in [0.717, 1.165) is 0 Å². The maximum Gasteiger partial charge on any atom is 0.397 e. The Hall–Kier alpha value is -0.290. The van der Waals surface area contributed by atoms with Crippen molar-refractivity contribution in [3.63, 3.8) is 0 Å². The Kier molecular flexibility index (Phi) is 6.99. The van der Waals surface area contributed by atoms with Gasteiger partial charge in [-0.3, -0.25) is 4.55 Å². The normalized spacial score (nSPS) is 13.0. The predicted molar refractivity (Wildman–Crippen MR) is 55.9 cm³/mol. The number of nitrogens with two attached hydrogens (primary N) is 2. The van der Waals surface area contributed by atoms with Crippen LogP contribution >= 0.6 is 0 Å². The Labute approximate surface area is 94.8 Å². The molecule has 5 N–H and O–H groups in total. The molecule has 0 aliphatic carbocycles. The van der Waals surface area contributed by atoms with Gasteiger partial charge in [0, 0.05) is 13.1 Å². The van der Waals surface area contributed by atoms with Crippen LogP contribution in [0.5, 0.6) is 0 Å². The van der Waals surface area contributed by atoms with Gasteiger partial charge in [0.15, 0.2) is 5.79 Å². The fourth-order valence-electron chi connectivity index (χ4n) is 0.856. The third-order valence-electron chi connectivity index (χ3n) is 1.52. The highest BCUT2D eigenvalue weighted by atomic mass is 32.3. The largest absolute Gasteiger partial charge is 0.397 e. The molecule has 8 nitrogen and oxygen atoms in total. The minimum atomic E-state index is -4.53. The van der Waals surface area contributed by atoms with Gasteiger partial charge >= 0.3 is 10.4 Å². The molecule has 0 aromatic rings. The summed E-state index contributed by atoms with van der Waals surface area (Å²) < 4.78 is 43.7. The molecule has 0 saturated heterocycles. The minimum Gasteiger partial charge on any atom is -0.347 e. The first-order valence-electron chi connectivity index (χ1n) is 4.63. The molecule has 0 aromatic carbocycles. The second-order valence-electron chi connectivity index (χ2n) is 3.10. The van der Waals surface area contributed by atoms with Crippen molar-refractivity contribution >= 4 is 10.4 Å². The Morgan fingerprint density at radius 1 is 1.19 bits per heavy atom. The van der Waals surface area contributed by atoms with Crippen LogP contribution in [-0.2, 0) is 24.1 Å². The summed E-state index contributed by atoms with van der Waals surface area (Å²) in [5.41, 5.74) is 10.5. The van der Waals surface area contributed by atoms with Crippen LogP contribution in [0.3, 0.4) is 0 Å². The second kappa shape index (κ2) is 7.12. The van der Waals surface area contributed by atoms with Gasteiger partial charge in [0.25, 0.3) is 0 Å². The molecule has 0 radical (unpaired) electrons. The van der Waals surface area contributed by atoms with Crippen LogP contribution in [0.15, 0.2) is 0 Å². The van der Waals surface area contributed by atoms with E-state index in [9.17, 15) is 8.42 Å². The monoisotopic (exact) mass is 258 g/mol. The molecular weight excluding hydrogens is 240 g/mol. The maximum atomic E-state index is 10.4. The number of hydrogen-bond acceptors (Lipinski definition) is 7.